The van der Waals surface area contributed by atoms with E-state index < -0.39 is 0 Å². The highest BCUT2D eigenvalue weighted by Crippen LogP contribution is 2.14. The molecule has 100 valence electrons. The normalized spacial score (nSPS) is 13.8. The van der Waals surface area contributed by atoms with Gasteiger partial charge in [0.2, 0.25) is 0 Å². The number of rotatable bonds is 6. The van der Waals surface area contributed by atoms with E-state index in [-0.39, 0.29) is 11.9 Å². The van der Waals surface area contributed by atoms with Gasteiger partial charge in [-0.2, -0.15) is 0 Å². The Kier molecular flexibility index (Phi) is 5.95. The molecule has 0 fully saturated rings. The summed E-state index contributed by atoms with van der Waals surface area (Å²) in [5.74, 6) is 0.832. The van der Waals surface area contributed by atoms with Crippen LogP contribution in [0.1, 0.15) is 6.92 Å². The van der Waals surface area contributed by atoms with Crippen molar-refractivity contribution in [1.82, 2.24) is 5.32 Å². The van der Waals surface area contributed by atoms with E-state index >= 15 is 0 Å². The average molecular weight is 272 g/mol. The van der Waals surface area contributed by atoms with Crippen LogP contribution in [0.4, 0.5) is 0 Å². The number of halogens is 1. The van der Waals surface area contributed by atoms with Gasteiger partial charge in [-0.25, -0.2) is 0 Å². The van der Waals surface area contributed by atoms with Crippen molar-refractivity contribution in [3.05, 3.63) is 29.3 Å². The monoisotopic (exact) mass is 271 g/mol. The largest absolute Gasteiger partial charge is 0.488 e. The number of benzene rings is 1. The van der Waals surface area contributed by atoms with Gasteiger partial charge < -0.3 is 15.0 Å². The Morgan fingerprint density at radius 3 is 2.61 bits per heavy atom. The summed E-state index contributed by atoms with van der Waals surface area (Å²) in [6, 6.07) is 7.17. The van der Waals surface area contributed by atoms with Crippen LogP contribution in [-0.2, 0) is 4.79 Å². The Balaban J connectivity index is 2.33. The van der Waals surface area contributed by atoms with E-state index in [1.165, 1.54) is 0 Å². The maximum absolute atomic E-state index is 11.4. The zero-order valence-corrected chi connectivity index (χ0v) is 11.8. The minimum Gasteiger partial charge on any atom is -0.488 e. The molecule has 0 saturated carbocycles. The number of quaternary nitrogens is 1. The van der Waals surface area contributed by atoms with Gasteiger partial charge in [0.05, 0.1) is 7.05 Å². The average Bonchev–Trinajstić information content (AvgIpc) is 2.39. The second kappa shape index (κ2) is 7.24. The number of ether oxygens (including phenoxy) is 1. The second-order valence-corrected chi connectivity index (χ2v) is 4.67. The van der Waals surface area contributed by atoms with E-state index in [1.54, 1.807) is 19.2 Å². The lowest BCUT2D eigenvalue weighted by atomic mass is 10.3. The summed E-state index contributed by atoms with van der Waals surface area (Å²) in [5, 5.41) is 3.34. The summed E-state index contributed by atoms with van der Waals surface area (Å²) in [6.07, 6.45) is 0. The third kappa shape index (κ3) is 4.55. The van der Waals surface area contributed by atoms with E-state index in [9.17, 15) is 4.79 Å². The molecule has 1 rings (SSSR count). The lowest BCUT2D eigenvalue weighted by Crippen LogP contribution is -3.14. The van der Waals surface area contributed by atoms with Gasteiger partial charge in [-0.05, 0) is 31.2 Å². The Labute approximate surface area is 113 Å². The third-order valence-corrected chi connectivity index (χ3v) is 3.21. The van der Waals surface area contributed by atoms with Gasteiger partial charge in [-0.1, -0.05) is 11.6 Å². The molecular formula is C13H20ClN2O2+. The highest BCUT2D eigenvalue weighted by molar-refractivity contribution is 6.30. The van der Waals surface area contributed by atoms with Crippen LogP contribution < -0.4 is 15.0 Å². The molecule has 0 bridgehead atoms. The third-order valence-electron chi connectivity index (χ3n) is 2.96. The molecule has 0 heterocycles. The first-order valence-corrected chi connectivity index (χ1v) is 6.34. The number of carbonyl (C=O) groups is 1. The molecule has 1 amide bonds. The molecule has 2 N–H and O–H groups in total. The van der Waals surface area contributed by atoms with Crippen molar-refractivity contribution in [2.24, 2.45) is 0 Å². The number of hydrogen-bond acceptors (Lipinski definition) is 2. The Morgan fingerprint density at radius 2 is 2.06 bits per heavy atom. The molecule has 0 spiro atoms. The fraction of sp³-hybridized carbons (Fsp3) is 0.462. The number of carbonyl (C=O) groups excluding carboxylic acids is 1. The number of amides is 1. The molecule has 5 heteroatoms. The predicted molar refractivity (Wildman–Crippen MR) is 72.2 cm³/mol. The first-order chi connectivity index (χ1) is 8.54. The topological polar surface area (TPSA) is 42.8 Å². The summed E-state index contributed by atoms with van der Waals surface area (Å²) in [7, 11) is 3.63. The SMILES string of the molecule is CNC(=O)[C@@H](C)[NH+](C)CCOc1ccc(Cl)cc1. The number of hydrogen-bond donors (Lipinski definition) is 2. The van der Waals surface area contributed by atoms with E-state index in [4.69, 9.17) is 16.3 Å². The Hall–Kier alpha value is -1.26. The molecule has 2 atom stereocenters. The van der Waals surface area contributed by atoms with E-state index in [0.717, 1.165) is 17.2 Å². The minimum atomic E-state index is -0.0798. The molecule has 1 aromatic rings. The van der Waals surface area contributed by atoms with Gasteiger partial charge in [-0.3, -0.25) is 4.79 Å². The van der Waals surface area contributed by atoms with Crippen LogP contribution in [-0.4, -0.2) is 39.2 Å². The zero-order valence-electron chi connectivity index (χ0n) is 11.0. The van der Waals surface area contributed by atoms with Gasteiger partial charge >= 0.3 is 0 Å². The van der Waals surface area contributed by atoms with Crippen LogP contribution in [0.25, 0.3) is 0 Å². The van der Waals surface area contributed by atoms with Crippen molar-refractivity contribution in [2.75, 3.05) is 27.2 Å². The van der Waals surface area contributed by atoms with Crippen LogP contribution in [0.3, 0.4) is 0 Å². The van der Waals surface area contributed by atoms with Crippen molar-refractivity contribution in [3.63, 3.8) is 0 Å². The molecule has 0 saturated heterocycles. The standard InChI is InChI=1S/C13H19ClN2O2/c1-10(13(17)15-2)16(3)8-9-18-12-6-4-11(14)5-7-12/h4-7,10H,8-9H2,1-3H3,(H,15,17)/p+1/t10-/m1/s1. The van der Waals surface area contributed by atoms with Crippen LogP contribution in [0.2, 0.25) is 5.02 Å². The van der Waals surface area contributed by atoms with Crippen molar-refractivity contribution in [2.45, 2.75) is 13.0 Å². The van der Waals surface area contributed by atoms with Crippen LogP contribution in [0, 0.1) is 0 Å². The summed E-state index contributed by atoms with van der Waals surface area (Å²) in [6.45, 7) is 3.22. The van der Waals surface area contributed by atoms with Crippen LogP contribution in [0.5, 0.6) is 5.75 Å². The first kappa shape index (κ1) is 14.8. The summed E-state index contributed by atoms with van der Waals surface area (Å²) >= 11 is 5.78. The fourth-order valence-corrected chi connectivity index (χ4v) is 1.64. The number of likely N-dealkylation sites (N-methyl/N-ethyl adjacent to an activating group) is 2. The lowest BCUT2D eigenvalue weighted by Gasteiger charge is -2.20. The number of nitrogens with one attached hydrogen (secondary N) is 2. The molecule has 18 heavy (non-hydrogen) atoms. The van der Waals surface area contributed by atoms with E-state index in [2.05, 4.69) is 5.32 Å². The van der Waals surface area contributed by atoms with Crippen molar-refractivity contribution in [3.8, 4) is 5.75 Å². The van der Waals surface area contributed by atoms with Crippen molar-refractivity contribution in [1.29, 1.82) is 0 Å². The predicted octanol–water partition coefficient (Wildman–Crippen LogP) is 0.368. The molecule has 0 aliphatic rings. The van der Waals surface area contributed by atoms with Crippen LogP contribution >= 0.6 is 11.6 Å². The maximum Gasteiger partial charge on any atom is 0.277 e. The molecule has 1 aromatic carbocycles. The molecule has 1 unspecified atom stereocenters. The molecule has 4 nitrogen and oxygen atoms in total. The van der Waals surface area contributed by atoms with Gasteiger partial charge in [0, 0.05) is 12.1 Å². The first-order valence-electron chi connectivity index (χ1n) is 5.97. The molecular weight excluding hydrogens is 252 g/mol. The molecule has 0 aliphatic heterocycles. The van der Waals surface area contributed by atoms with Crippen LogP contribution in [0.15, 0.2) is 24.3 Å². The van der Waals surface area contributed by atoms with E-state index in [1.807, 2.05) is 26.1 Å². The second-order valence-electron chi connectivity index (χ2n) is 4.23. The minimum absolute atomic E-state index is 0.0407. The van der Waals surface area contributed by atoms with Crippen molar-refractivity contribution < 1.29 is 14.4 Å². The quantitative estimate of drug-likeness (QED) is 0.785. The summed E-state index contributed by atoms with van der Waals surface area (Å²) < 4.78 is 5.58. The lowest BCUT2D eigenvalue weighted by molar-refractivity contribution is -0.894. The Bertz CT molecular complexity index is 381. The summed E-state index contributed by atoms with van der Waals surface area (Å²) in [5.41, 5.74) is 0. The van der Waals surface area contributed by atoms with Gasteiger partial charge in [0.15, 0.2) is 6.04 Å². The van der Waals surface area contributed by atoms with E-state index in [0.29, 0.717) is 11.6 Å². The Morgan fingerprint density at radius 1 is 1.44 bits per heavy atom. The highest BCUT2D eigenvalue weighted by atomic mass is 35.5. The van der Waals surface area contributed by atoms with Gasteiger partial charge in [-0.15, -0.1) is 0 Å². The van der Waals surface area contributed by atoms with Crippen molar-refractivity contribution >= 4 is 17.5 Å². The van der Waals surface area contributed by atoms with Gasteiger partial charge in [0.1, 0.15) is 18.9 Å². The highest BCUT2D eigenvalue weighted by Gasteiger charge is 2.19. The molecule has 0 aliphatic carbocycles. The molecule has 0 radical (unpaired) electrons. The zero-order chi connectivity index (χ0) is 13.5. The smallest absolute Gasteiger partial charge is 0.277 e. The fourth-order valence-electron chi connectivity index (χ4n) is 1.52. The summed E-state index contributed by atoms with van der Waals surface area (Å²) in [4.78, 5) is 12.6. The maximum atomic E-state index is 11.4. The van der Waals surface area contributed by atoms with Gasteiger partial charge in [0.25, 0.3) is 5.91 Å². The molecule has 0 aromatic heterocycles.